The van der Waals surface area contributed by atoms with Gasteiger partial charge >= 0.3 is 5.97 Å². The number of esters is 1. The van der Waals surface area contributed by atoms with E-state index in [4.69, 9.17) is 5.11 Å². The summed E-state index contributed by atoms with van der Waals surface area (Å²) in [7, 11) is 3.25. The van der Waals surface area contributed by atoms with Crippen molar-refractivity contribution in [3.05, 3.63) is 0 Å². The van der Waals surface area contributed by atoms with Gasteiger partial charge in [0.15, 0.2) is 0 Å². The summed E-state index contributed by atoms with van der Waals surface area (Å²) >= 11 is 0. The Labute approximate surface area is 115 Å². The molecule has 0 aliphatic rings. The molecular formula is C13H26N2O4. The molecule has 1 amide bonds. The topological polar surface area (TPSA) is 78.9 Å². The Kier molecular flexibility index (Phi) is 11.2. The van der Waals surface area contributed by atoms with Crippen LogP contribution in [0, 0.1) is 0 Å². The van der Waals surface area contributed by atoms with E-state index < -0.39 is 0 Å². The van der Waals surface area contributed by atoms with Crippen LogP contribution in [-0.4, -0.2) is 62.3 Å². The number of likely N-dealkylation sites (N-methyl/N-ethyl adjacent to an activating group) is 1. The fourth-order valence-electron chi connectivity index (χ4n) is 1.61. The molecule has 0 fully saturated rings. The number of rotatable bonds is 11. The van der Waals surface area contributed by atoms with E-state index in [0.29, 0.717) is 25.9 Å². The number of carbonyl (C=O) groups excluding carboxylic acids is 2. The largest absolute Gasteiger partial charge is 0.469 e. The normalized spacial score (nSPS) is 10.5. The highest BCUT2D eigenvalue weighted by atomic mass is 16.5. The lowest BCUT2D eigenvalue weighted by Crippen LogP contribution is -2.36. The highest BCUT2D eigenvalue weighted by molar-refractivity contribution is 5.78. The second kappa shape index (κ2) is 11.9. The zero-order valence-electron chi connectivity index (χ0n) is 12.0. The van der Waals surface area contributed by atoms with Crippen molar-refractivity contribution in [1.82, 2.24) is 10.2 Å². The van der Waals surface area contributed by atoms with E-state index in [9.17, 15) is 9.59 Å². The fraction of sp³-hybridized carbons (Fsp3) is 0.846. The second-order valence-corrected chi connectivity index (χ2v) is 4.55. The summed E-state index contributed by atoms with van der Waals surface area (Å²) in [4.78, 5) is 24.3. The maximum Gasteiger partial charge on any atom is 0.305 e. The van der Waals surface area contributed by atoms with Gasteiger partial charge in [0, 0.05) is 19.6 Å². The first kappa shape index (κ1) is 17.9. The number of unbranched alkanes of at least 4 members (excludes halogenated alkanes) is 2. The van der Waals surface area contributed by atoms with Gasteiger partial charge in [-0.25, -0.2) is 0 Å². The quantitative estimate of drug-likeness (QED) is 0.414. The summed E-state index contributed by atoms with van der Waals surface area (Å²) in [6.45, 7) is 1.92. The molecule has 0 aromatic carbocycles. The molecule has 6 nitrogen and oxygen atoms in total. The molecule has 0 atom stereocenters. The van der Waals surface area contributed by atoms with Gasteiger partial charge in [0.2, 0.25) is 5.91 Å². The highest BCUT2D eigenvalue weighted by Gasteiger charge is 2.06. The van der Waals surface area contributed by atoms with E-state index in [1.165, 1.54) is 7.11 Å². The monoisotopic (exact) mass is 274 g/mol. The molecule has 0 rings (SSSR count). The van der Waals surface area contributed by atoms with Crippen LogP contribution >= 0.6 is 0 Å². The maximum absolute atomic E-state index is 11.5. The van der Waals surface area contributed by atoms with Crippen LogP contribution in [0.2, 0.25) is 0 Å². The molecule has 19 heavy (non-hydrogen) atoms. The standard InChI is InChI=1S/C13H26N2O4/c1-15(9-4-3-5-10-16)11-12(17)14-8-6-7-13(18)19-2/h16H,3-11H2,1-2H3,(H,14,17). The van der Waals surface area contributed by atoms with Crippen LogP contribution in [-0.2, 0) is 14.3 Å². The van der Waals surface area contributed by atoms with Gasteiger partial charge in [-0.15, -0.1) is 0 Å². The Morgan fingerprint density at radius 3 is 2.58 bits per heavy atom. The number of aliphatic hydroxyl groups is 1. The van der Waals surface area contributed by atoms with Crippen LogP contribution in [0.1, 0.15) is 32.1 Å². The Balaban J connectivity index is 3.48. The van der Waals surface area contributed by atoms with Crippen molar-refractivity contribution in [3.63, 3.8) is 0 Å². The number of nitrogens with one attached hydrogen (secondary N) is 1. The van der Waals surface area contributed by atoms with Gasteiger partial charge in [-0.3, -0.25) is 14.5 Å². The Bertz CT molecular complexity index is 259. The molecule has 0 saturated heterocycles. The van der Waals surface area contributed by atoms with E-state index >= 15 is 0 Å². The molecule has 0 aromatic heterocycles. The number of carbonyl (C=O) groups is 2. The average molecular weight is 274 g/mol. The Hall–Kier alpha value is -1.14. The lowest BCUT2D eigenvalue weighted by molar-refractivity contribution is -0.140. The summed E-state index contributed by atoms with van der Waals surface area (Å²) in [5.41, 5.74) is 0. The lowest BCUT2D eigenvalue weighted by atomic mass is 10.2. The zero-order valence-corrected chi connectivity index (χ0v) is 12.0. The number of ether oxygens (including phenoxy) is 1. The minimum atomic E-state index is -0.254. The van der Waals surface area contributed by atoms with Crippen molar-refractivity contribution < 1.29 is 19.4 Å². The van der Waals surface area contributed by atoms with Crippen molar-refractivity contribution in [3.8, 4) is 0 Å². The smallest absolute Gasteiger partial charge is 0.305 e. The van der Waals surface area contributed by atoms with Crippen LogP contribution in [0.15, 0.2) is 0 Å². The van der Waals surface area contributed by atoms with Gasteiger partial charge in [0.1, 0.15) is 0 Å². The molecule has 0 aliphatic carbocycles. The number of aliphatic hydroxyl groups excluding tert-OH is 1. The molecule has 0 saturated carbocycles. The van der Waals surface area contributed by atoms with Crippen LogP contribution < -0.4 is 5.32 Å². The van der Waals surface area contributed by atoms with E-state index in [-0.39, 0.29) is 18.5 Å². The van der Waals surface area contributed by atoms with Gasteiger partial charge in [-0.2, -0.15) is 0 Å². The van der Waals surface area contributed by atoms with Gasteiger partial charge in [-0.1, -0.05) is 0 Å². The molecular weight excluding hydrogens is 248 g/mol. The van der Waals surface area contributed by atoms with Crippen LogP contribution in [0.4, 0.5) is 0 Å². The van der Waals surface area contributed by atoms with Crippen molar-refractivity contribution in [2.45, 2.75) is 32.1 Å². The summed E-state index contributed by atoms with van der Waals surface area (Å²) < 4.78 is 4.51. The molecule has 0 bridgehead atoms. The van der Waals surface area contributed by atoms with E-state index in [0.717, 1.165) is 25.8 Å². The van der Waals surface area contributed by atoms with Crippen molar-refractivity contribution in [2.75, 3.05) is 40.4 Å². The molecule has 0 heterocycles. The van der Waals surface area contributed by atoms with Gasteiger partial charge in [0.05, 0.1) is 13.7 Å². The number of amides is 1. The third-order valence-corrected chi connectivity index (χ3v) is 2.72. The van der Waals surface area contributed by atoms with E-state index in [1.54, 1.807) is 0 Å². The minimum absolute atomic E-state index is 0.0328. The Morgan fingerprint density at radius 2 is 1.95 bits per heavy atom. The van der Waals surface area contributed by atoms with Gasteiger partial charge < -0.3 is 15.2 Å². The zero-order chi connectivity index (χ0) is 14.5. The predicted octanol–water partition coefficient (Wildman–Crippen LogP) is 0.150. The van der Waals surface area contributed by atoms with Crippen molar-refractivity contribution >= 4 is 11.9 Å². The first-order chi connectivity index (χ1) is 9.10. The molecule has 0 aromatic rings. The summed E-state index contributed by atoms with van der Waals surface area (Å²) in [5.74, 6) is -0.287. The molecule has 0 spiro atoms. The summed E-state index contributed by atoms with van der Waals surface area (Å²) in [6.07, 6.45) is 3.69. The molecule has 112 valence electrons. The molecule has 0 radical (unpaired) electrons. The maximum atomic E-state index is 11.5. The average Bonchev–Trinajstić information content (AvgIpc) is 2.39. The number of hydrogen-bond acceptors (Lipinski definition) is 5. The molecule has 6 heteroatoms. The van der Waals surface area contributed by atoms with Gasteiger partial charge in [0.25, 0.3) is 0 Å². The second-order valence-electron chi connectivity index (χ2n) is 4.55. The van der Waals surface area contributed by atoms with Crippen LogP contribution in [0.25, 0.3) is 0 Å². The predicted molar refractivity (Wildman–Crippen MR) is 72.7 cm³/mol. The molecule has 0 unspecified atom stereocenters. The third-order valence-electron chi connectivity index (χ3n) is 2.72. The number of nitrogens with zero attached hydrogens (tertiary/aromatic N) is 1. The lowest BCUT2D eigenvalue weighted by Gasteiger charge is -2.15. The third kappa shape index (κ3) is 11.7. The minimum Gasteiger partial charge on any atom is -0.469 e. The van der Waals surface area contributed by atoms with E-state index in [2.05, 4.69) is 10.1 Å². The Morgan fingerprint density at radius 1 is 1.21 bits per heavy atom. The van der Waals surface area contributed by atoms with Crippen LogP contribution in [0.5, 0.6) is 0 Å². The number of hydrogen-bond donors (Lipinski definition) is 2. The van der Waals surface area contributed by atoms with Gasteiger partial charge in [-0.05, 0) is 39.3 Å². The first-order valence-electron chi connectivity index (χ1n) is 6.73. The highest BCUT2D eigenvalue weighted by Crippen LogP contribution is 1.96. The van der Waals surface area contributed by atoms with Crippen molar-refractivity contribution in [2.24, 2.45) is 0 Å². The molecule has 2 N–H and O–H groups in total. The molecule has 0 aliphatic heterocycles. The van der Waals surface area contributed by atoms with Crippen molar-refractivity contribution in [1.29, 1.82) is 0 Å². The fourth-order valence-corrected chi connectivity index (χ4v) is 1.61. The van der Waals surface area contributed by atoms with Crippen LogP contribution in [0.3, 0.4) is 0 Å². The summed E-state index contributed by atoms with van der Waals surface area (Å²) in [6, 6.07) is 0. The SMILES string of the molecule is COC(=O)CCCNC(=O)CN(C)CCCCCO. The number of methoxy groups -OCH3 is 1. The summed E-state index contributed by atoms with van der Waals surface area (Å²) in [5, 5.41) is 11.4. The van der Waals surface area contributed by atoms with E-state index in [1.807, 2.05) is 11.9 Å². The first-order valence-corrected chi connectivity index (χ1v) is 6.73.